The van der Waals surface area contributed by atoms with Crippen molar-refractivity contribution in [3.05, 3.63) is 33.8 Å². The molecular weight excluding hydrogens is 261 g/mol. The lowest BCUT2D eigenvalue weighted by Gasteiger charge is -2.19. The van der Waals surface area contributed by atoms with Gasteiger partial charge < -0.3 is 4.74 Å². The predicted octanol–water partition coefficient (Wildman–Crippen LogP) is 3.21. The number of hydrogen-bond donors (Lipinski definition) is 1. The maximum absolute atomic E-state index is 11.3. The van der Waals surface area contributed by atoms with Gasteiger partial charge >= 0.3 is 5.97 Å². The quantitative estimate of drug-likeness (QED) is 0.858. The van der Waals surface area contributed by atoms with Gasteiger partial charge in [0.2, 0.25) is 0 Å². The largest absolute Gasteiger partial charge is 0.468 e. The van der Waals surface area contributed by atoms with Crippen LogP contribution in [0.4, 0.5) is 0 Å². The van der Waals surface area contributed by atoms with Gasteiger partial charge in [0.15, 0.2) is 0 Å². The van der Waals surface area contributed by atoms with Crippen molar-refractivity contribution in [3.63, 3.8) is 0 Å². The van der Waals surface area contributed by atoms with Crippen LogP contribution in [-0.2, 0) is 9.53 Å². The van der Waals surface area contributed by atoms with Crippen molar-refractivity contribution in [1.82, 2.24) is 5.32 Å². The predicted molar refractivity (Wildman–Crippen MR) is 69.5 cm³/mol. The number of carbonyl (C=O) groups excluding carboxylic acids is 1. The molecule has 1 aromatic rings. The minimum Gasteiger partial charge on any atom is -0.468 e. The van der Waals surface area contributed by atoms with Crippen LogP contribution in [0, 0.1) is 0 Å². The lowest BCUT2D eigenvalue weighted by molar-refractivity contribution is -0.142. The minimum absolute atomic E-state index is 0.0877. The Hall–Kier alpha value is -0.770. The monoisotopic (exact) mass is 275 g/mol. The number of carbonyl (C=O) groups is 1. The average molecular weight is 276 g/mol. The zero-order valence-corrected chi connectivity index (χ0v) is 11.5. The van der Waals surface area contributed by atoms with Crippen molar-refractivity contribution in [2.75, 3.05) is 7.11 Å². The van der Waals surface area contributed by atoms with Gasteiger partial charge in [0.1, 0.15) is 6.04 Å². The van der Waals surface area contributed by atoms with E-state index in [-0.39, 0.29) is 12.0 Å². The van der Waals surface area contributed by atoms with E-state index < -0.39 is 6.04 Å². The van der Waals surface area contributed by atoms with Crippen LogP contribution in [-0.4, -0.2) is 19.1 Å². The van der Waals surface area contributed by atoms with E-state index in [9.17, 15) is 4.79 Å². The van der Waals surface area contributed by atoms with Crippen LogP contribution in [0.15, 0.2) is 18.2 Å². The summed E-state index contributed by atoms with van der Waals surface area (Å²) in [4.78, 5) is 11.3. The second kappa shape index (κ2) is 6.24. The van der Waals surface area contributed by atoms with Gasteiger partial charge in [0.05, 0.1) is 17.2 Å². The highest BCUT2D eigenvalue weighted by Gasteiger charge is 2.18. The summed E-state index contributed by atoms with van der Waals surface area (Å²) >= 11 is 12.0. The number of esters is 1. The third-order valence-corrected chi connectivity index (χ3v) is 3.34. The number of methoxy groups -OCH3 is 1. The van der Waals surface area contributed by atoms with E-state index in [1.54, 1.807) is 13.0 Å². The molecule has 0 saturated carbocycles. The zero-order valence-electron chi connectivity index (χ0n) is 9.96. The molecule has 3 nitrogen and oxygen atoms in total. The standard InChI is InChI=1S/C12H15Cl2NO2/c1-7(15-8(2)12(16)17-3)9-5-4-6-10(13)11(9)14/h4-8,15H,1-3H3/t7?,8-/m0/s1. The smallest absolute Gasteiger partial charge is 0.322 e. The van der Waals surface area contributed by atoms with E-state index in [0.717, 1.165) is 5.56 Å². The Morgan fingerprint density at radius 3 is 2.59 bits per heavy atom. The second-order valence-electron chi connectivity index (χ2n) is 3.78. The molecule has 0 heterocycles. The average Bonchev–Trinajstić information content (AvgIpc) is 2.31. The van der Waals surface area contributed by atoms with Gasteiger partial charge in [0.25, 0.3) is 0 Å². The zero-order chi connectivity index (χ0) is 13.0. The molecule has 0 aromatic heterocycles. The van der Waals surface area contributed by atoms with Gasteiger partial charge in [-0.1, -0.05) is 35.3 Å². The number of benzene rings is 1. The van der Waals surface area contributed by atoms with Gasteiger partial charge in [-0.2, -0.15) is 0 Å². The Balaban J connectivity index is 2.80. The molecule has 0 fully saturated rings. The molecule has 1 aromatic carbocycles. The molecule has 1 N–H and O–H groups in total. The summed E-state index contributed by atoms with van der Waals surface area (Å²) in [6.07, 6.45) is 0. The first kappa shape index (κ1) is 14.3. The molecule has 94 valence electrons. The van der Waals surface area contributed by atoms with Crippen molar-refractivity contribution >= 4 is 29.2 Å². The maximum Gasteiger partial charge on any atom is 0.322 e. The molecule has 2 atom stereocenters. The molecule has 0 aliphatic carbocycles. The number of nitrogens with one attached hydrogen (secondary N) is 1. The van der Waals surface area contributed by atoms with Crippen molar-refractivity contribution in [1.29, 1.82) is 0 Å². The van der Waals surface area contributed by atoms with E-state index in [4.69, 9.17) is 23.2 Å². The SMILES string of the molecule is COC(=O)[C@H](C)NC(C)c1cccc(Cl)c1Cl. The summed E-state index contributed by atoms with van der Waals surface area (Å²) in [6.45, 7) is 3.65. The fourth-order valence-corrected chi connectivity index (χ4v) is 2.04. The van der Waals surface area contributed by atoms with Crippen LogP contribution in [0.5, 0.6) is 0 Å². The molecule has 0 saturated heterocycles. The van der Waals surface area contributed by atoms with E-state index >= 15 is 0 Å². The Morgan fingerprint density at radius 1 is 1.35 bits per heavy atom. The highest BCUT2D eigenvalue weighted by Crippen LogP contribution is 2.29. The summed E-state index contributed by atoms with van der Waals surface area (Å²) in [5, 5.41) is 4.11. The molecule has 0 spiro atoms. The molecule has 0 bridgehead atoms. The van der Waals surface area contributed by atoms with Gasteiger partial charge in [0, 0.05) is 6.04 Å². The van der Waals surface area contributed by atoms with E-state index in [1.807, 2.05) is 19.1 Å². The highest BCUT2D eigenvalue weighted by molar-refractivity contribution is 6.42. The maximum atomic E-state index is 11.3. The van der Waals surface area contributed by atoms with Crippen molar-refractivity contribution < 1.29 is 9.53 Å². The van der Waals surface area contributed by atoms with E-state index in [0.29, 0.717) is 10.0 Å². The van der Waals surface area contributed by atoms with Gasteiger partial charge in [-0.3, -0.25) is 10.1 Å². The molecule has 0 aliphatic heterocycles. The molecule has 1 unspecified atom stereocenters. The third kappa shape index (κ3) is 3.60. The summed E-state index contributed by atoms with van der Waals surface area (Å²) in [6, 6.07) is 4.94. The topological polar surface area (TPSA) is 38.3 Å². The Labute approximate surface area is 111 Å². The molecule has 17 heavy (non-hydrogen) atoms. The van der Waals surface area contributed by atoms with Crippen LogP contribution in [0.3, 0.4) is 0 Å². The minimum atomic E-state index is -0.398. The molecule has 5 heteroatoms. The van der Waals surface area contributed by atoms with Crippen molar-refractivity contribution in [2.24, 2.45) is 0 Å². The Morgan fingerprint density at radius 2 is 2.00 bits per heavy atom. The number of ether oxygens (including phenoxy) is 1. The number of rotatable bonds is 4. The Bertz CT molecular complexity index is 409. The van der Waals surface area contributed by atoms with Gasteiger partial charge in [-0.15, -0.1) is 0 Å². The number of halogens is 2. The normalized spacial score (nSPS) is 14.2. The van der Waals surface area contributed by atoms with Gasteiger partial charge in [-0.25, -0.2) is 0 Å². The number of hydrogen-bond acceptors (Lipinski definition) is 3. The second-order valence-corrected chi connectivity index (χ2v) is 4.56. The fourth-order valence-electron chi connectivity index (χ4n) is 1.56. The summed E-state index contributed by atoms with van der Waals surface area (Å²) in [5.41, 5.74) is 0.856. The van der Waals surface area contributed by atoms with Crippen LogP contribution < -0.4 is 5.32 Å². The van der Waals surface area contributed by atoms with Crippen LogP contribution in [0.25, 0.3) is 0 Å². The summed E-state index contributed by atoms with van der Waals surface area (Å²) in [7, 11) is 1.36. The fraction of sp³-hybridized carbons (Fsp3) is 0.417. The molecule has 0 radical (unpaired) electrons. The molecular formula is C12H15Cl2NO2. The van der Waals surface area contributed by atoms with Crippen LogP contribution >= 0.6 is 23.2 Å². The molecule has 0 aliphatic rings. The lowest BCUT2D eigenvalue weighted by atomic mass is 10.1. The van der Waals surface area contributed by atoms with Gasteiger partial charge in [-0.05, 0) is 25.5 Å². The van der Waals surface area contributed by atoms with Crippen LogP contribution in [0.1, 0.15) is 25.5 Å². The molecule has 0 amide bonds. The lowest BCUT2D eigenvalue weighted by Crippen LogP contribution is -2.36. The first-order valence-corrected chi connectivity index (χ1v) is 6.00. The first-order valence-electron chi connectivity index (χ1n) is 5.25. The molecule has 1 rings (SSSR count). The van der Waals surface area contributed by atoms with E-state index in [2.05, 4.69) is 10.1 Å². The summed E-state index contributed by atoms with van der Waals surface area (Å²) in [5.74, 6) is -0.310. The van der Waals surface area contributed by atoms with E-state index in [1.165, 1.54) is 7.11 Å². The highest BCUT2D eigenvalue weighted by atomic mass is 35.5. The summed E-state index contributed by atoms with van der Waals surface area (Å²) < 4.78 is 4.64. The van der Waals surface area contributed by atoms with Crippen molar-refractivity contribution in [3.8, 4) is 0 Å². The first-order chi connectivity index (χ1) is 7.97. The Kier molecular flexibility index (Phi) is 5.25. The van der Waals surface area contributed by atoms with Crippen molar-refractivity contribution in [2.45, 2.75) is 25.9 Å². The third-order valence-electron chi connectivity index (χ3n) is 2.50. The van der Waals surface area contributed by atoms with Crippen LogP contribution in [0.2, 0.25) is 10.0 Å².